The molecule has 1 amide bonds. The Morgan fingerprint density at radius 3 is 2.50 bits per heavy atom. The first-order valence-electron chi connectivity index (χ1n) is 8.36. The highest BCUT2D eigenvalue weighted by molar-refractivity contribution is 5.95. The average molecular weight is 389 g/mol. The Labute approximate surface area is 158 Å². The van der Waals surface area contributed by atoms with Crippen molar-refractivity contribution in [1.82, 2.24) is 9.97 Å². The minimum atomic E-state index is -4.58. The Balaban J connectivity index is 2.14. The van der Waals surface area contributed by atoms with E-state index in [1.807, 2.05) is 0 Å². The molecule has 0 unspecified atom stereocenters. The second-order valence-corrected chi connectivity index (χ2v) is 6.92. The number of halogens is 3. The predicted molar refractivity (Wildman–Crippen MR) is 100 cm³/mol. The summed E-state index contributed by atoms with van der Waals surface area (Å²) in [5.41, 5.74) is 4.60. The molecule has 146 valence electrons. The Kier molecular flexibility index (Phi) is 4.76. The van der Waals surface area contributed by atoms with E-state index < -0.39 is 23.2 Å². The summed E-state index contributed by atoms with van der Waals surface area (Å²) in [6.45, 7) is 2.61. The number of aromatic amines is 1. The molecule has 0 spiro atoms. The van der Waals surface area contributed by atoms with Crippen LogP contribution in [-0.2, 0) is 16.6 Å². The van der Waals surface area contributed by atoms with Gasteiger partial charge in [-0.2, -0.15) is 13.2 Å². The maximum absolute atomic E-state index is 13.3. The quantitative estimate of drug-likeness (QED) is 0.590. The molecule has 0 fully saturated rings. The van der Waals surface area contributed by atoms with E-state index in [0.717, 1.165) is 6.07 Å². The molecule has 28 heavy (non-hydrogen) atoms. The van der Waals surface area contributed by atoms with Gasteiger partial charge in [-0.05, 0) is 49.2 Å². The van der Waals surface area contributed by atoms with Crippen molar-refractivity contribution >= 4 is 23.0 Å². The fraction of sp³-hybridized carbons (Fsp3) is 0.200. The molecule has 3 rings (SSSR count). The molecule has 3 aromatic rings. The van der Waals surface area contributed by atoms with Crippen LogP contribution in [0.2, 0.25) is 0 Å². The summed E-state index contributed by atoms with van der Waals surface area (Å²) in [5, 5.41) is 10.9. The lowest BCUT2D eigenvalue weighted by Crippen LogP contribution is -2.22. The van der Waals surface area contributed by atoms with Gasteiger partial charge in [0.2, 0.25) is 5.91 Å². The van der Waals surface area contributed by atoms with E-state index in [9.17, 15) is 23.1 Å². The standard InChI is InChI=1S/C20H18F3N3O2/c1-19(2,28)16-8-11(3-5-15(16)20(21,22)23)13-7-14-12(4-6-17(24)27)9-25-18(14)26-10-13/h3-10,28H,1-2H3,(H2,24,27)(H,25,26). The van der Waals surface area contributed by atoms with Crippen LogP contribution in [0.1, 0.15) is 30.5 Å². The molecule has 0 aliphatic heterocycles. The zero-order chi connectivity index (χ0) is 20.7. The van der Waals surface area contributed by atoms with E-state index >= 15 is 0 Å². The van der Waals surface area contributed by atoms with Gasteiger partial charge in [-0.1, -0.05) is 6.07 Å². The van der Waals surface area contributed by atoms with E-state index in [-0.39, 0.29) is 5.56 Å². The van der Waals surface area contributed by atoms with Crippen LogP contribution < -0.4 is 5.73 Å². The highest BCUT2D eigenvalue weighted by atomic mass is 19.4. The Morgan fingerprint density at radius 1 is 1.18 bits per heavy atom. The molecule has 2 heterocycles. The molecule has 0 atom stereocenters. The molecule has 1 aromatic carbocycles. The number of nitrogens with zero attached hydrogens (tertiary/aromatic N) is 1. The van der Waals surface area contributed by atoms with Crippen LogP contribution in [0.4, 0.5) is 13.2 Å². The third kappa shape index (κ3) is 3.91. The number of aliphatic hydroxyl groups is 1. The Hall–Kier alpha value is -3.13. The SMILES string of the molecule is CC(C)(O)c1cc(-c2cnc3[nH]cc(C=CC(N)=O)c3c2)ccc1C(F)(F)F. The Bertz CT molecular complexity index is 1080. The van der Waals surface area contributed by atoms with Crippen LogP contribution in [0.3, 0.4) is 0 Å². The average Bonchev–Trinajstić information content (AvgIpc) is 3.00. The second-order valence-electron chi connectivity index (χ2n) is 6.92. The summed E-state index contributed by atoms with van der Waals surface area (Å²) in [6.07, 6.45) is 1.33. The number of nitrogens with one attached hydrogen (secondary N) is 1. The van der Waals surface area contributed by atoms with Gasteiger partial charge >= 0.3 is 6.18 Å². The van der Waals surface area contributed by atoms with Crippen molar-refractivity contribution in [1.29, 1.82) is 0 Å². The summed E-state index contributed by atoms with van der Waals surface area (Å²) >= 11 is 0. The van der Waals surface area contributed by atoms with Crippen LogP contribution in [0.5, 0.6) is 0 Å². The van der Waals surface area contributed by atoms with Crippen LogP contribution in [0, 0.1) is 0 Å². The first-order valence-corrected chi connectivity index (χ1v) is 8.36. The second kappa shape index (κ2) is 6.79. The third-order valence-electron chi connectivity index (χ3n) is 4.31. The largest absolute Gasteiger partial charge is 0.416 e. The van der Waals surface area contributed by atoms with Gasteiger partial charge in [0.1, 0.15) is 5.65 Å². The van der Waals surface area contributed by atoms with Gasteiger partial charge in [-0.15, -0.1) is 0 Å². The van der Waals surface area contributed by atoms with Crippen molar-refractivity contribution in [3.05, 3.63) is 59.4 Å². The highest BCUT2D eigenvalue weighted by Crippen LogP contribution is 2.39. The van der Waals surface area contributed by atoms with E-state index in [0.29, 0.717) is 27.7 Å². The number of fused-ring (bicyclic) bond motifs is 1. The minimum absolute atomic E-state index is 0.222. The molecular formula is C20H18F3N3O2. The molecule has 5 nitrogen and oxygen atoms in total. The van der Waals surface area contributed by atoms with E-state index in [2.05, 4.69) is 9.97 Å². The number of carbonyl (C=O) groups is 1. The van der Waals surface area contributed by atoms with Gasteiger partial charge in [-0.3, -0.25) is 4.79 Å². The number of aromatic nitrogens is 2. The molecule has 0 saturated heterocycles. The zero-order valence-electron chi connectivity index (χ0n) is 15.1. The van der Waals surface area contributed by atoms with Crippen LogP contribution >= 0.6 is 0 Å². The van der Waals surface area contributed by atoms with Gasteiger partial charge in [-0.25, -0.2) is 4.98 Å². The molecular weight excluding hydrogens is 371 g/mol. The van der Waals surface area contributed by atoms with Crippen molar-refractivity contribution in [3.63, 3.8) is 0 Å². The van der Waals surface area contributed by atoms with Gasteiger partial charge in [0.25, 0.3) is 0 Å². The number of H-pyrrole nitrogens is 1. The fourth-order valence-corrected chi connectivity index (χ4v) is 2.97. The predicted octanol–water partition coefficient (Wildman–Crippen LogP) is 3.97. The maximum Gasteiger partial charge on any atom is 0.416 e. The van der Waals surface area contributed by atoms with Gasteiger partial charge < -0.3 is 15.8 Å². The topological polar surface area (TPSA) is 92.0 Å². The smallest absolute Gasteiger partial charge is 0.386 e. The summed E-state index contributed by atoms with van der Waals surface area (Å²) < 4.78 is 39.9. The summed E-state index contributed by atoms with van der Waals surface area (Å²) in [5.74, 6) is -0.601. The summed E-state index contributed by atoms with van der Waals surface area (Å²) in [6, 6.07) is 5.36. The lowest BCUT2D eigenvalue weighted by Gasteiger charge is -2.24. The van der Waals surface area contributed by atoms with Crippen molar-refractivity contribution in [3.8, 4) is 11.1 Å². The molecule has 0 aliphatic rings. The number of alkyl halides is 3. The fourth-order valence-electron chi connectivity index (χ4n) is 2.97. The molecule has 0 aliphatic carbocycles. The third-order valence-corrected chi connectivity index (χ3v) is 4.31. The number of benzene rings is 1. The normalized spacial score (nSPS) is 12.8. The van der Waals surface area contributed by atoms with E-state index in [1.165, 1.54) is 44.3 Å². The maximum atomic E-state index is 13.3. The van der Waals surface area contributed by atoms with E-state index in [4.69, 9.17) is 5.73 Å². The van der Waals surface area contributed by atoms with Gasteiger partial charge in [0.05, 0.1) is 11.2 Å². The highest BCUT2D eigenvalue weighted by Gasteiger charge is 2.37. The number of hydrogen-bond acceptors (Lipinski definition) is 3. The number of carbonyl (C=O) groups excluding carboxylic acids is 1. The lowest BCUT2D eigenvalue weighted by atomic mass is 9.89. The van der Waals surface area contributed by atoms with Crippen LogP contribution in [0.25, 0.3) is 28.2 Å². The van der Waals surface area contributed by atoms with Crippen molar-refractivity contribution in [2.75, 3.05) is 0 Å². The number of primary amides is 1. The van der Waals surface area contributed by atoms with Crippen molar-refractivity contribution in [2.45, 2.75) is 25.6 Å². The molecule has 0 radical (unpaired) electrons. The number of hydrogen-bond donors (Lipinski definition) is 3. The number of amides is 1. The van der Waals surface area contributed by atoms with Gasteiger partial charge in [0.15, 0.2) is 0 Å². The number of rotatable bonds is 4. The molecule has 0 saturated carbocycles. The first-order chi connectivity index (χ1) is 13.0. The molecule has 4 N–H and O–H groups in total. The Morgan fingerprint density at radius 2 is 1.89 bits per heavy atom. The van der Waals surface area contributed by atoms with Crippen molar-refractivity contribution in [2.24, 2.45) is 5.73 Å². The summed E-state index contributed by atoms with van der Waals surface area (Å²) in [4.78, 5) is 18.2. The minimum Gasteiger partial charge on any atom is -0.386 e. The number of nitrogens with two attached hydrogens (primary N) is 1. The number of pyridine rings is 1. The lowest BCUT2D eigenvalue weighted by molar-refractivity contribution is -0.140. The van der Waals surface area contributed by atoms with E-state index in [1.54, 1.807) is 12.3 Å². The molecule has 8 heteroatoms. The molecule has 2 aromatic heterocycles. The van der Waals surface area contributed by atoms with Crippen LogP contribution in [0.15, 0.2) is 42.7 Å². The van der Waals surface area contributed by atoms with Crippen LogP contribution in [-0.4, -0.2) is 21.0 Å². The zero-order valence-corrected chi connectivity index (χ0v) is 15.1. The van der Waals surface area contributed by atoms with Crippen molar-refractivity contribution < 1.29 is 23.1 Å². The first kappa shape index (κ1) is 19.6. The van der Waals surface area contributed by atoms with Gasteiger partial charge in [0, 0.05) is 35.0 Å². The summed E-state index contributed by atoms with van der Waals surface area (Å²) in [7, 11) is 0. The molecule has 0 bridgehead atoms. The monoisotopic (exact) mass is 389 g/mol.